The molecular weight excluding hydrogens is 196 g/mol. The van der Waals surface area contributed by atoms with E-state index in [1.807, 2.05) is 0 Å². The lowest BCUT2D eigenvalue weighted by molar-refractivity contribution is 0.188. The van der Waals surface area contributed by atoms with Crippen molar-refractivity contribution in [2.75, 3.05) is 26.2 Å². The standard InChI is InChI=1S/C14H26N2/c1-11-8-13(11)10-16-6-4-14(5-7-16)15-9-12-2-3-12/h11-15H,2-10H2,1H3. The van der Waals surface area contributed by atoms with Gasteiger partial charge in [-0.1, -0.05) is 6.92 Å². The third-order valence-corrected chi connectivity index (χ3v) is 4.75. The second kappa shape index (κ2) is 4.66. The molecule has 3 aliphatic rings. The van der Waals surface area contributed by atoms with Crippen molar-refractivity contribution in [2.24, 2.45) is 17.8 Å². The molecule has 2 aliphatic carbocycles. The molecule has 0 radical (unpaired) electrons. The third kappa shape index (κ3) is 2.98. The predicted molar refractivity (Wildman–Crippen MR) is 67.5 cm³/mol. The van der Waals surface area contributed by atoms with Crippen molar-refractivity contribution in [3.05, 3.63) is 0 Å². The van der Waals surface area contributed by atoms with E-state index in [2.05, 4.69) is 17.1 Å². The van der Waals surface area contributed by atoms with Gasteiger partial charge in [0.2, 0.25) is 0 Å². The van der Waals surface area contributed by atoms with Gasteiger partial charge in [0, 0.05) is 12.6 Å². The number of piperidine rings is 1. The highest BCUT2D eigenvalue weighted by atomic mass is 15.1. The Morgan fingerprint density at radius 1 is 1.12 bits per heavy atom. The SMILES string of the molecule is CC1CC1CN1CCC(NCC2CC2)CC1. The summed E-state index contributed by atoms with van der Waals surface area (Å²) in [6.07, 6.45) is 7.21. The second-order valence-corrected chi connectivity index (χ2v) is 6.40. The van der Waals surface area contributed by atoms with Crippen LogP contribution in [-0.2, 0) is 0 Å². The molecule has 1 N–H and O–H groups in total. The average molecular weight is 222 g/mol. The monoisotopic (exact) mass is 222 g/mol. The van der Waals surface area contributed by atoms with Gasteiger partial charge in [-0.3, -0.25) is 0 Å². The van der Waals surface area contributed by atoms with Gasteiger partial charge in [-0.15, -0.1) is 0 Å². The first-order valence-corrected chi connectivity index (χ1v) is 7.27. The predicted octanol–water partition coefficient (Wildman–Crippen LogP) is 2.11. The molecule has 2 nitrogen and oxygen atoms in total. The van der Waals surface area contributed by atoms with Gasteiger partial charge in [0.1, 0.15) is 0 Å². The minimum absolute atomic E-state index is 0.827. The number of hydrogen-bond acceptors (Lipinski definition) is 2. The molecule has 0 spiro atoms. The maximum absolute atomic E-state index is 3.76. The van der Waals surface area contributed by atoms with E-state index in [-0.39, 0.29) is 0 Å². The van der Waals surface area contributed by atoms with Gasteiger partial charge in [-0.05, 0) is 69.5 Å². The Hall–Kier alpha value is -0.0800. The summed E-state index contributed by atoms with van der Waals surface area (Å²) in [5, 5.41) is 3.76. The number of rotatable bonds is 5. The normalized spacial score (nSPS) is 36.6. The molecule has 1 saturated heterocycles. The molecule has 0 amide bonds. The minimum Gasteiger partial charge on any atom is -0.314 e. The van der Waals surface area contributed by atoms with Gasteiger partial charge in [-0.25, -0.2) is 0 Å². The van der Waals surface area contributed by atoms with Crippen LogP contribution in [0.3, 0.4) is 0 Å². The average Bonchev–Trinajstić information content (AvgIpc) is 3.18. The summed E-state index contributed by atoms with van der Waals surface area (Å²) in [5.74, 6) is 3.09. The first kappa shape index (κ1) is 11.0. The Labute approximate surface area is 99.8 Å². The Morgan fingerprint density at radius 2 is 1.81 bits per heavy atom. The summed E-state index contributed by atoms with van der Waals surface area (Å²) >= 11 is 0. The van der Waals surface area contributed by atoms with Crippen LogP contribution in [0.5, 0.6) is 0 Å². The Balaban J connectivity index is 1.31. The molecule has 2 heteroatoms. The smallest absolute Gasteiger partial charge is 0.00915 e. The second-order valence-electron chi connectivity index (χ2n) is 6.40. The minimum atomic E-state index is 0.827. The maximum atomic E-state index is 3.76. The molecule has 2 unspecified atom stereocenters. The van der Waals surface area contributed by atoms with Crippen LogP contribution in [0.4, 0.5) is 0 Å². The summed E-state index contributed by atoms with van der Waals surface area (Å²) in [5.41, 5.74) is 0. The molecule has 0 aromatic carbocycles. The molecule has 1 heterocycles. The largest absolute Gasteiger partial charge is 0.314 e. The molecule has 0 aromatic heterocycles. The van der Waals surface area contributed by atoms with Crippen molar-refractivity contribution < 1.29 is 0 Å². The molecule has 0 aromatic rings. The highest BCUT2D eigenvalue weighted by Gasteiger charge is 2.34. The van der Waals surface area contributed by atoms with E-state index in [9.17, 15) is 0 Å². The zero-order valence-corrected chi connectivity index (χ0v) is 10.6. The van der Waals surface area contributed by atoms with Gasteiger partial charge in [-0.2, -0.15) is 0 Å². The third-order valence-electron chi connectivity index (χ3n) is 4.75. The van der Waals surface area contributed by atoms with Gasteiger partial charge in [0.25, 0.3) is 0 Å². The molecule has 3 fully saturated rings. The van der Waals surface area contributed by atoms with Crippen molar-refractivity contribution in [1.82, 2.24) is 10.2 Å². The van der Waals surface area contributed by atoms with E-state index >= 15 is 0 Å². The quantitative estimate of drug-likeness (QED) is 0.766. The summed E-state index contributed by atoms with van der Waals surface area (Å²) < 4.78 is 0. The number of nitrogens with zero attached hydrogens (tertiary/aromatic N) is 1. The molecular formula is C14H26N2. The number of nitrogens with one attached hydrogen (secondary N) is 1. The van der Waals surface area contributed by atoms with Crippen molar-refractivity contribution in [3.63, 3.8) is 0 Å². The summed E-state index contributed by atoms with van der Waals surface area (Å²) in [6, 6.07) is 0.827. The fourth-order valence-electron chi connectivity index (χ4n) is 2.96. The lowest BCUT2D eigenvalue weighted by atomic mass is 10.0. The lowest BCUT2D eigenvalue weighted by Crippen LogP contribution is -2.43. The van der Waals surface area contributed by atoms with E-state index in [1.54, 1.807) is 0 Å². The van der Waals surface area contributed by atoms with Gasteiger partial charge >= 0.3 is 0 Å². The lowest BCUT2D eigenvalue weighted by Gasteiger charge is -2.32. The molecule has 0 bridgehead atoms. The first-order valence-electron chi connectivity index (χ1n) is 7.27. The van der Waals surface area contributed by atoms with Crippen molar-refractivity contribution >= 4 is 0 Å². The molecule has 2 atom stereocenters. The van der Waals surface area contributed by atoms with Crippen LogP contribution in [0, 0.1) is 17.8 Å². The van der Waals surface area contributed by atoms with E-state index in [1.165, 1.54) is 58.3 Å². The van der Waals surface area contributed by atoms with Gasteiger partial charge < -0.3 is 10.2 Å². The van der Waals surface area contributed by atoms with Crippen LogP contribution in [0.2, 0.25) is 0 Å². The number of hydrogen-bond donors (Lipinski definition) is 1. The van der Waals surface area contributed by atoms with Crippen LogP contribution in [0.25, 0.3) is 0 Å². The zero-order valence-electron chi connectivity index (χ0n) is 10.6. The molecule has 1 aliphatic heterocycles. The van der Waals surface area contributed by atoms with Crippen molar-refractivity contribution in [3.8, 4) is 0 Å². The van der Waals surface area contributed by atoms with Crippen LogP contribution in [0.1, 0.15) is 39.0 Å². The van der Waals surface area contributed by atoms with E-state index < -0.39 is 0 Å². The Bertz CT molecular complexity index is 229. The van der Waals surface area contributed by atoms with Gasteiger partial charge in [0.05, 0.1) is 0 Å². The highest BCUT2D eigenvalue weighted by molar-refractivity contribution is 4.87. The van der Waals surface area contributed by atoms with Crippen LogP contribution < -0.4 is 5.32 Å². The van der Waals surface area contributed by atoms with Crippen molar-refractivity contribution in [1.29, 1.82) is 0 Å². The van der Waals surface area contributed by atoms with Crippen molar-refractivity contribution in [2.45, 2.75) is 45.1 Å². The van der Waals surface area contributed by atoms with Crippen LogP contribution in [0.15, 0.2) is 0 Å². The fraction of sp³-hybridized carbons (Fsp3) is 1.00. The first-order chi connectivity index (χ1) is 7.81. The van der Waals surface area contributed by atoms with E-state index in [0.29, 0.717) is 0 Å². The summed E-state index contributed by atoms with van der Waals surface area (Å²) in [7, 11) is 0. The Morgan fingerprint density at radius 3 is 2.38 bits per heavy atom. The molecule has 3 rings (SSSR count). The topological polar surface area (TPSA) is 15.3 Å². The maximum Gasteiger partial charge on any atom is 0.00915 e. The summed E-state index contributed by atoms with van der Waals surface area (Å²) in [6.45, 7) is 7.76. The molecule has 2 saturated carbocycles. The zero-order chi connectivity index (χ0) is 11.0. The highest BCUT2D eigenvalue weighted by Crippen LogP contribution is 2.38. The fourth-order valence-corrected chi connectivity index (χ4v) is 2.96. The van der Waals surface area contributed by atoms with Gasteiger partial charge in [0.15, 0.2) is 0 Å². The summed E-state index contributed by atoms with van der Waals surface area (Å²) in [4.78, 5) is 2.70. The Kier molecular flexibility index (Phi) is 3.21. The molecule has 92 valence electrons. The number of likely N-dealkylation sites (tertiary alicyclic amines) is 1. The van der Waals surface area contributed by atoms with Crippen LogP contribution in [-0.4, -0.2) is 37.1 Å². The molecule has 16 heavy (non-hydrogen) atoms. The van der Waals surface area contributed by atoms with E-state index in [0.717, 1.165) is 23.8 Å². The van der Waals surface area contributed by atoms with Crippen LogP contribution >= 0.6 is 0 Å². The van der Waals surface area contributed by atoms with E-state index in [4.69, 9.17) is 0 Å².